The van der Waals surface area contributed by atoms with Gasteiger partial charge < -0.3 is 9.80 Å². The fourth-order valence-corrected chi connectivity index (χ4v) is 15.1. The number of hydrogen-bond acceptors (Lipinski definition) is 2. The second kappa shape index (κ2) is 16.6. The minimum Gasteiger partial charge on any atom is -0.311 e. The third-order valence-electron chi connectivity index (χ3n) is 19.9. The Bertz CT molecular complexity index is 4040. The van der Waals surface area contributed by atoms with Gasteiger partial charge in [0.05, 0.1) is 0 Å². The zero-order valence-electron chi connectivity index (χ0n) is 49.1. The van der Waals surface area contributed by atoms with Crippen molar-refractivity contribution in [3.8, 4) is 44.5 Å². The summed E-state index contributed by atoms with van der Waals surface area (Å²) in [5.74, 6) is 0. The summed E-state index contributed by atoms with van der Waals surface area (Å²) in [5.41, 5.74) is 33.1. The Morgan fingerprint density at radius 1 is 0.354 bits per heavy atom. The van der Waals surface area contributed by atoms with Crippen LogP contribution in [0.3, 0.4) is 0 Å². The van der Waals surface area contributed by atoms with Crippen LogP contribution in [0.15, 0.2) is 176 Å². The van der Waals surface area contributed by atoms with Crippen LogP contribution in [0.25, 0.3) is 44.5 Å². The largest absolute Gasteiger partial charge is 0.311 e. The molecule has 0 unspecified atom stereocenters. The quantitative estimate of drug-likeness (QED) is 0.162. The minimum atomic E-state index is -0.139. The van der Waals surface area contributed by atoms with E-state index in [0.717, 1.165) is 12.8 Å². The molecule has 0 aromatic heterocycles. The summed E-state index contributed by atoms with van der Waals surface area (Å²) in [7, 11) is 0. The van der Waals surface area contributed by atoms with E-state index >= 15 is 0 Å². The molecular formula is C76H75BN2. The minimum absolute atomic E-state index is 0.00848. The van der Waals surface area contributed by atoms with Crippen LogP contribution in [0.4, 0.5) is 34.1 Å². The lowest BCUT2D eigenvalue weighted by Gasteiger charge is -2.48. The van der Waals surface area contributed by atoms with Crippen molar-refractivity contribution in [3.05, 3.63) is 220 Å². The Hall–Kier alpha value is -7.36. The van der Waals surface area contributed by atoms with Gasteiger partial charge in [0.15, 0.2) is 0 Å². The summed E-state index contributed by atoms with van der Waals surface area (Å²) in [5, 5.41) is 0. The first kappa shape index (κ1) is 49.9. The molecule has 0 atom stereocenters. The van der Waals surface area contributed by atoms with Crippen molar-refractivity contribution in [3.63, 3.8) is 0 Å². The first-order chi connectivity index (χ1) is 37.4. The first-order valence-electron chi connectivity index (χ1n) is 29.2. The maximum absolute atomic E-state index is 2.68. The van der Waals surface area contributed by atoms with Gasteiger partial charge in [0.25, 0.3) is 6.71 Å². The van der Waals surface area contributed by atoms with E-state index in [1.807, 2.05) is 0 Å². The summed E-state index contributed by atoms with van der Waals surface area (Å²) in [6.45, 7) is 33.7. The van der Waals surface area contributed by atoms with Crippen LogP contribution >= 0.6 is 0 Å². The average Bonchev–Trinajstić information content (AvgIpc) is 2.92. The van der Waals surface area contributed by atoms with Gasteiger partial charge in [-0.25, -0.2) is 0 Å². The van der Waals surface area contributed by atoms with Gasteiger partial charge in [0.2, 0.25) is 0 Å². The van der Waals surface area contributed by atoms with Crippen LogP contribution in [0.2, 0.25) is 0 Å². The molecule has 0 spiro atoms. The Labute approximate surface area is 471 Å². The van der Waals surface area contributed by atoms with E-state index in [-0.39, 0.29) is 39.2 Å². The lowest BCUT2D eigenvalue weighted by atomic mass is 9.32. The van der Waals surface area contributed by atoms with Crippen LogP contribution in [-0.2, 0) is 32.5 Å². The predicted octanol–water partition coefficient (Wildman–Crippen LogP) is 18.7. The van der Waals surface area contributed by atoms with Gasteiger partial charge >= 0.3 is 0 Å². The van der Waals surface area contributed by atoms with Gasteiger partial charge in [-0.2, -0.15) is 0 Å². The Morgan fingerprint density at radius 2 is 0.772 bits per heavy atom. The summed E-state index contributed by atoms with van der Waals surface area (Å²) in [6.07, 6.45) is 2.32. The normalized spacial score (nSPS) is 17.2. The fourth-order valence-electron chi connectivity index (χ4n) is 15.1. The molecule has 0 bridgehead atoms. The molecule has 3 heteroatoms. The van der Waals surface area contributed by atoms with E-state index in [2.05, 4.69) is 283 Å². The zero-order valence-corrected chi connectivity index (χ0v) is 49.1. The Balaban J connectivity index is 1.01. The van der Waals surface area contributed by atoms with Gasteiger partial charge in [-0.3, -0.25) is 0 Å². The monoisotopic (exact) mass is 1030 g/mol. The standard InChI is InChI=1S/C76H75BN2/c1-71(2,3)48-33-38-64-62(41-48)77-63-44-60-61(74(9,10)40-39-73(60,7)8)45-65(63)79(51-36-31-47(32-37-51)53-24-20-28-59-69(53)55-22-16-18-26-57(55)76(59,13)14)67-43-49(72(4,5)6)42-66(70(67)77)78(64)50-34-29-46(30-35-50)52-23-19-27-58-68(52)54-21-15-17-25-56(54)75(58,11)12/h15-38,41-45H,39-40H2,1-14H3. The lowest BCUT2D eigenvalue weighted by molar-refractivity contribution is 0.332. The number of hydrogen-bond donors (Lipinski definition) is 0. The summed E-state index contributed by atoms with van der Waals surface area (Å²) in [4.78, 5) is 5.29. The highest BCUT2D eigenvalue weighted by molar-refractivity contribution is 7.00. The van der Waals surface area contributed by atoms with Gasteiger partial charge in [-0.05, 0) is 188 Å². The number of benzene rings is 9. The fraction of sp³-hybridized carbons (Fsp3) is 0.289. The highest BCUT2D eigenvalue weighted by atomic mass is 15.2. The number of fused-ring (bicyclic) bond motifs is 11. The SMILES string of the molecule is CC(C)(C)c1ccc2c(c1)B1c3cc4c(cc3N(c3ccc(-c5cccc6c5-c5ccccc5C6(C)C)cc3)c3cc(C(C)(C)C)cc(c31)N2c1ccc(-c2cccc3c2-c2ccccc2C3(C)C)cc1)C(C)(C)CCC4(C)C. The second-order valence-electron chi connectivity index (χ2n) is 28.4. The molecule has 0 amide bonds. The zero-order chi connectivity index (χ0) is 55.1. The number of rotatable bonds is 4. The van der Waals surface area contributed by atoms with Crippen molar-refractivity contribution >= 4 is 57.2 Å². The molecule has 0 radical (unpaired) electrons. The van der Waals surface area contributed by atoms with Crippen molar-refractivity contribution in [1.29, 1.82) is 0 Å². The van der Waals surface area contributed by atoms with E-state index in [9.17, 15) is 0 Å². The average molecular weight is 1030 g/mol. The van der Waals surface area contributed by atoms with Crippen molar-refractivity contribution < 1.29 is 0 Å². The molecule has 2 nitrogen and oxygen atoms in total. The van der Waals surface area contributed by atoms with E-state index < -0.39 is 0 Å². The molecule has 0 saturated heterocycles. The maximum Gasteiger partial charge on any atom is 0.252 e. The molecule has 3 aliphatic carbocycles. The van der Waals surface area contributed by atoms with Crippen LogP contribution in [-0.4, -0.2) is 6.71 Å². The molecule has 14 rings (SSSR count). The highest BCUT2D eigenvalue weighted by Gasteiger charge is 2.48. The molecule has 79 heavy (non-hydrogen) atoms. The molecular weight excluding hydrogens is 952 g/mol. The molecule has 2 aliphatic heterocycles. The third-order valence-corrected chi connectivity index (χ3v) is 19.9. The van der Waals surface area contributed by atoms with Crippen molar-refractivity contribution in [1.82, 2.24) is 0 Å². The maximum atomic E-state index is 2.68. The smallest absolute Gasteiger partial charge is 0.252 e. The molecule has 2 heterocycles. The first-order valence-corrected chi connectivity index (χ1v) is 29.2. The van der Waals surface area contributed by atoms with E-state index in [1.54, 1.807) is 0 Å². The summed E-state index contributed by atoms with van der Waals surface area (Å²) >= 11 is 0. The second-order valence-corrected chi connectivity index (χ2v) is 28.4. The predicted molar refractivity (Wildman–Crippen MR) is 339 cm³/mol. The van der Waals surface area contributed by atoms with E-state index in [4.69, 9.17) is 0 Å². The van der Waals surface area contributed by atoms with Crippen molar-refractivity contribution in [2.45, 2.75) is 142 Å². The number of anilines is 6. The topological polar surface area (TPSA) is 6.48 Å². The van der Waals surface area contributed by atoms with Crippen LogP contribution < -0.4 is 26.2 Å². The molecule has 0 fully saturated rings. The molecule has 0 N–H and O–H groups in total. The van der Waals surface area contributed by atoms with Gasteiger partial charge in [-0.1, -0.05) is 224 Å². The van der Waals surface area contributed by atoms with Gasteiger partial charge in [0, 0.05) is 45.0 Å². The number of nitrogens with zero attached hydrogens (tertiary/aromatic N) is 2. The van der Waals surface area contributed by atoms with E-state index in [0.29, 0.717) is 0 Å². The summed E-state index contributed by atoms with van der Waals surface area (Å²) < 4.78 is 0. The molecule has 0 saturated carbocycles. The van der Waals surface area contributed by atoms with Crippen LogP contribution in [0.5, 0.6) is 0 Å². The third kappa shape index (κ3) is 7.23. The summed E-state index contributed by atoms with van der Waals surface area (Å²) in [6, 6.07) is 69.0. The van der Waals surface area contributed by atoms with Gasteiger partial charge in [0.1, 0.15) is 0 Å². The lowest BCUT2D eigenvalue weighted by Crippen LogP contribution is -2.62. The molecule has 5 aliphatic rings. The molecule has 9 aromatic rings. The van der Waals surface area contributed by atoms with Gasteiger partial charge in [-0.15, -0.1) is 0 Å². The van der Waals surface area contributed by atoms with E-state index in [1.165, 1.54) is 140 Å². The Kier molecular flexibility index (Phi) is 10.5. The van der Waals surface area contributed by atoms with Crippen LogP contribution in [0.1, 0.15) is 154 Å². The van der Waals surface area contributed by atoms with Crippen LogP contribution in [0, 0.1) is 0 Å². The van der Waals surface area contributed by atoms with Crippen molar-refractivity contribution in [2.75, 3.05) is 9.80 Å². The van der Waals surface area contributed by atoms with Crippen molar-refractivity contribution in [2.24, 2.45) is 0 Å². The highest BCUT2D eigenvalue weighted by Crippen LogP contribution is 2.56. The molecule has 392 valence electrons. The molecule has 9 aromatic carbocycles. The Morgan fingerprint density at radius 3 is 1.25 bits per heavy atom.